The standard InChI is InChI=1S/C20H18F3N3O5/c1-4-30-19(28)15-9-24-10-26(15)14-7-11(2)17(25-18(14)29-3)13-6-5-12(8-16(13)27)31-20(21,22)23/h5-10,27H,4H2,1-3H3. The van der Waals surface area contributed by atoms with Crippen LogP contribution in [0.3, 0.4) is 0 Å². The molecule has 164 valence electrons. The SMILES string of the molecule is CCOC(=O)c1cncn1-c1cc(C)c(-c2ccc(OC(F)(F)F)cc2O)nc1OC. The first-order valence-electron chi connectivity index (χ1n) is 8.99. The van der Waals surface area contributed by atoms with Gasteiger partial charge >= 0.3 is 12.3 Å². The number of imidazole rings is 1. The molecule has 0 aliphatic rings. The molecule has 1 aromatic carbocycles. The van der Waals surface area contributed by atoms with Crippen molar-refractivity contribution in [2.45, 2.75) is 20.2 Å². The molecule has 0 spiro atoms. The minimum atomic E-state index is -4.88. The third-order valence-corrected chi connectivity index (χ3v) is 4.19. The number of methoxy groups -OCH3 is 1. The summed E-state index contributed by atoms with van der Waals surface area (Å²) in [7, 11) is 1.37. The van der Waals surface area contributed by atoms with Crippen LogP contribution < -0.4 is 9.47 Å². The Balaban J connectivity index is 2.05. The summed E-state index contributed by atoms with van der Waals surface area (Å²) in [6.45, 7) is 3.55. The summed E-state index contributed by atoms with van der Waals surface area (Å²) in [5.41, 5.74) is 1.55. The molecule has 2 aromatic heterocycles. The molecular weight excluding hydrogens is 419 g/mol. The van der Waals surface area contributed by atoms with E-state index < -0.39 is 23.8 Å². The Kier molecular flexibility index (Phi) is 6.04. The van der Waals surface area contributed by atoms with Gasteiger partial charge in [-0.15, -0.1) is 13.2 Å². The maximum absolute atomic E-state index is 12.4. The maximum Gasteiger partial charge on any atom is 0.573 e. The minimum absolute atomic E-state index is 0.0965. The molecule has 0 saturated carbocycles. The van der Waals surface area contributed by atoms with Crippen molar-refractivity contribution in [3.05, 3.63) is 48.0 Å². The molecule has 3 aromatic rings. The highest BCUT2D eigenvalue weighted by Gasteiger charge is 2.31. The van der Waals surface area contributed by atoms with Crippen molar-refractivity contribution in [3.8, 4) is 34.3 Å². The van der Waals surface area contributed by atoms with Crippen molar-refractivity contribution in [2.24, 2.45) is 0 Å². The molecule has 2 heterocycles. The van der Waals surface area contributed by atoms with Crippen molar-refractivity contribution in [1.29, 1.82) is 0 Å². The number of rotatable bonds is 6. The van der Waals surface area contributed by atoms with E-state index in [1.165, 1.54) is 30.3 Å². The van der Waals surface area contributed by atoms with E-state index in [0.29, 0.717) is 11.3 Å². The molecule has 0 saturated heterocycles. The van der Waals surface area contributed by atoms with Gasteiger partial charge in [-0.2, -0.15) is 0 Å². The van der Waals surface area contributed by atoms with Crippen LogP contribution in [0, 0.1) is 6.92 Å². The second-order valence-electron chi connectivity index (χ2n) is 6.28. The molecule has 1 N–H and O–H groups in total. The molecule has 0 aliphatic heterocycles. The number of nitrogens with zero attached hydrogens (tertiary/aromatic N) is 3. The van der Waals surface area contributed by atoms with Gasteiger partial charge in [-0.1, -0.05) is 0 Å². The van der Waals surface area contributed by atoms with Crippen molar-refractivity contribution in [3.63, 3.8) is 0 Å². The van der Waals surface area contributed by atoms with Crippen LogP contribution in [0.15, 0.2) is 36.8 Å². The molecule has 31 heavy (non-hydrogen) atoms. The lowest BCUT2D eigenvalue weighted by molar-refractivity contribution is -0.274. The van der Waals surface area contributed by atoms with Crippen LogP contribution in [0.5, 0.6) is 17.4 Å². The fourth-order valence-electron chi connectivity index (χ4n) is 2.93. The number of carbonyl (C=O) groups excluding carboxylic acids is 1. The van der Waals surface area contributed by atoms with E-state index in [9.17, 15) is 23.1 Å². The van der Waals surface area contributed by atoms with Gasteiger partial charge in [-0.3, -0.25) is 4.57 Å². The molecule has 8 nitrogen and oxygen atoms in total. The molecule has 0 amide bonds. The molecule has 11 heteroatoms. The van der Waals surface area contributed by atoms with Crippen molar-refractivity contribution < 1.29 is 37.3 Å². The normalized spacial score (nSPS) is 11.3. The van der Waals surface area contributed by atoms with Gasteiger partial charge in [0.2, 0.25) is 5.88 Å². The first-order valence-corrected chi connectivity index (χ1v) is 8.99. The zero-order chi connectivity index (χ0) is 22.8. The average molecular weight is 437 g/mol. The van der Waals surface area contributed by atoms with Crippen molar-refractivity contribution in [1.82, 2.24) is 14.5 Å². The highest BCUT2D eigenvalue weighted by Crippen LogP contribution is 2.37. The number of carbonyl (C=O) groups is 1. The Morgan fingerprint density at radius 3 is 2.61 bits per heavy atom. The second kappa shape index (κ2) is 8.54. The van der Waals surface area contributed by atoms with E-state index in [-0.39, 0.29) is 29.4 Å². The number of pyridine rings is 1. The molecule has 0 atom stereocenters. The summed E-state index contributed by atoms with van der Waals surface area (Å²) >= 11 is 0. The lowest BCUT2D eigenvalue weighted by Gasteiger charge is -2.16. The van der Waals surface area contributed by atoms with Gasteiger partial charge in [0.15, 0.2) is 5.69 Å². The van der Waals surface area contributed by atoms with Crippen LogP contribution >= 0.6 is 0 Å². The summed E-state index contributed by atoms with van der Waals surface area (Å²) in [4.78, 5) is 20.5. The van der Waals surface area contributed by atoms with Gasteiger partial charge in [-0.05, 0) is 37.6 Å². The third kappa shape index (κ3) is 4.71. The molecule has 3 rings (SSSR count). The number of alkyl halides is 3. The quantitative estimate of drug-likeness (QED) is 0.582. The van der Waals surface area contributed by atoms with Gasteiger partial charge in [0.05, 0.1) is 25.6 Å². The van der Waals surface area contributed by atoms with Crippen LogP contribution in [-0.2, 0) is 4.74 Å². The number of aromatic hydroxyl groups is 1. The Morgan fingerprint density at radius 1 is 1.26 bits per heavy atom. The number of phenolic OH excluding ortho intramolecular Hbond substituents is 1. The predicted molar refractivity (Wildman–Crippen MR) is 102 cm³/mol. The number of aromatic nitrogens is 3. The number of halogens is 3. The van der Waals surface area contributed by atoms with E-state index in [0.717, 1.165) is 12.1 Å². The smallest absolute Gasteiger partial charge is 0.507 e. The average Bonchev–Trinajstić information content (AvgIpc) is 3.17. The molecule has 0 aliphatic carbocycles. The first-order chi connectivity index (χ1) is 14.6. The predicted octanol–water partition coefficient (Wildman–Crippen LogP) is 4.03. The summed E-state index contributed by atoms with van der Waals surface area (Å²) in [6.07, 6.45) is -2.15. The van der Waals surface area contributed by atoms with Gasteiger partial charge in [0, 0.05) is 11.6 Å². The van der Waals surface area contributed by atoms with E-state index in [1.807, 2.05) is 0 Å². The van der Waals surface area contributed by atoms with Gasteiger partial charge in [0.25, 0.3) is 0 Å². The lowest BCUT2D eigenvalue weighted by Crippen LogP contribution is -2.17. The zero-order valence-electron chi connectivity index (χ0n) is 16.7. The van der Waals surface area contributed by atoms with E-state index in [2.05, 4.69) is 14.7 Å². The van der Waals surface area contributed by atoms with E-state index in [4.69, 9.17) is 9.47 Å². The fraction of sp³-hybridized carbons (Fsp3) is 0.250. The highest BCUT2D eigenvalue weighted by molar-refractivity contribution is 5.88. The van der Waals surface area contributed by atoms with Gasteiger partial charge < -0.3 is 19.3 Å². The van der Waals surface area contributed by atoms with Crippen LogP contribution in [0.1, 0.15) is 23.0 Å². The monoisotopic (exact) mass is 437 g/mol. The Hall–Kier alpha value is -3.76. The molecule has 0 fully saturated rings. The Labute approximate surface area is 174 Å². The van der Waals surface area contributed by atoms with E-state index in [1.54, 1.807) is 19.9 Å². The molecule has 0 unspecified atom stereocenters. The van der Waals surface area contributed by atoms with Crippen LogP contribution in [0.25, 0.3) is 16.9 Å². The number of ether oxygens (including phenoxy) is 3. The first kappa shape index (κ1) is 21.9. The molecular formula is C20H18F3N3O5. The number of phenols is 1. The van der Waals surface area contributed by atoms with E-state index >= 15 is 0 Å². The number of hydrogen-bond donors (Lipinski definition) is 1. The summed E-state index contributed by atoms with van der Waals surface area (Å²) in [6, 6.07) is 4.81. The van der Waals surface area contributed by atoms with Crippen LogP contribution in [0.2, 0.25) is 0 Å². The highest BCUT2D eigenvalue weighted by atomic mass is 19.4. The number of aryl methyl sites for hydroxylation is 1. The van der Waals surface area contributed by atoms with Crippen molar-refractivity contribution >= 4 is 5.97 Å². The minimum Gasteiger partial charge on any atom is -0.507 e. The Morgan fingerprint density at radius 2 is 2.00 bits per heavy atom. The number of hydrogen-bond acceptors (Lipinski definition) is 7. The lowest BCUT2D eigenvalue weighted by atomic mass is 10.0. The van der Waals surface area contributed by atoms with Crippen LogP contribution in [-0.4, -0.2) is 45.7 Å². The largest absolute Gasteiger partial charge is 0.573 e. The molecule has 0 bridgehead atoms. The Bertz CT molecular complexity index is 1110. The summed E-state index contributed by atoms with van der Waals surface area (Å²) in [5, 5.41) is 10.3. The number of esters is 1. The zero-order valence-corrected chi connectivity index (χ0v) is 16.7. The molecule has 0 radical (unpaired) electrons. The van der Waals surface area contributed by atoms with Crippen molar-refractivity contribution in [2.75, 3.05) is 13.7 Å². The number of benzene rings is 1. The van der Waals surface area contributed by atoms with Gasteiger partial charge in [-0.25, -0.2) is 14.8 Å². The fourth-order valence-corrected chi connectivity index (χ4v) is 2.93. The maximum atomic E-state index is 12.4. The topological polar surface area (TPSA) is 95.7 Å². The summed E-state index contributed by atoms with van der Waals surface area (Å²) in [5.74, 6) is -1.50. The third-order valence-electron chi connectivity index (χ3n) is 4.19. The van der Waals surface area contributed by atoms with Gasteiger partial charge in [0.1, 0.15) is 23.5 Å². The van der Waals surface area contributed by atoms with Crippen LogP contribution in [0.4, 0.5) is 13.2 Å². The summed E-state index contributed by atoms with van der Waals surface area (Å²) < 4.78 is 52.8. The second-order valence-corrected chi connectivity index (χ2v) is 6.28.